The van der Waals surface area contributed by atoms with Crippen LogP contribution in [0, 0.1) is 5.41 Å². The second kappa shape index (κ2) is 6.06. The second-order valence-corrected chi connectivity index (χ2v) is 8.80. The van der Waals surface area contributed by atoms with Crippen LogP contribution in [0.5, 0.6) is 0 Å². The summed E-state index contributed by atoms with van der Waals surface area (Å²) in [6.45, 7) is 4.23. The van der Waals surface area contributed by atoms with Gasteiger partial charge in [-0.1, -0.05) is 6.92 Å². The second-order valence-electron chi connectivity index (χ2n) is 8.80. The smallest absolute Gasteiger partial charge is 0.331 e. The molecule has 28 heavy (non-hydrogen) atoms. The Morgan fingerprint density at radius 1 is 1.18 bits per heavy atom. The quantitative estimate of drug-likeness (QED) is 0.838. The minimum Gasteiger partial charge on any atom is -0.481 e. The molecule has 0 spiro atoms. The lowest BCUT2D eigenvalue weighted by Gasteiger charge is -2.50. The maximum absolute atomic E-state index is 13.0. The van der Waals surface area contributed by atoms with Crippen LogP contribution in [0.2, 0.25) is 0 Å². The van der Waals surface area contributed by atoms with Crippen molar-refractivity contribution in [3.63, 3.8) is 0 Å². The normalized spacial score (nSPS) is 28.9. The number of aliphatic carboxylic acids is 1. The molecule has 0 saturated heterocycles. The highest BCUT2D eigenvalue weighted by molar-refractivity contribution is 5.75. The Bertz CT molecular complexity index is 951. The first-order chi connectivity index (χ1) is 13.5. The number of imidazole rings is 1. The van der Waals surface area contributed by atoms with E-state index in [-0.39, 0.29) is 11.1 Å². The van der Waals surface area contributed by atoms with Gasteiger partial charge in [0.15, 0.2) is 5.82 Å². The summed E-state index contributed by atoms with van der Waals surface area (Å²) in [4.78, 5) is 34.7. The van der Waals surface area contributed by atoms with Crippen LogP contribution in [0.25, 0.3) is 11.5 Å². The summed E-state index contributed by atoms with van der Waals surface area (Å²) in [6.07, 6.45) is 6.31. The summed E-state index contributed by atoms with van der Waals surface area (Å²) >= 11 is 0. The number of carbonyl (C=O) groups is 1. The maximum Gasteiger partial charge on any atom is 0.331 e. The third-order valence-electron chi connectivity index (χ3n) is 7.33. The molecule has 6 rings (SSSR count). The summed E-state index contributed by atoms with van der Waals surface area (Å²) in [5.41, 5.74) is 0.0833. The van der Waals surface area contributed by atoms with Crippen molar-refractivity contribution in [3.8, 4) is 11.5 Å². The van der Waals surface area contributed by atoms with Crippen LogP contribution in [0.3, 0.4) is 0 Å². The number of rotatable bonds is 4. The van der Waals surface area contributed by atoms with Gasteiger partial charge in [-0.05, 0) is 51.4 Å². The van der Waals surface area contributed by atoms with E-state index in [1.54, 1.807) is 9.13 Å². The molecular weight excluding hydrogens is 358 g/mol. The molecule has 3 heterocycles. The van der Waals surface area contributed by atoms with Crippen molar-refractivity contribution in [3.05, 3.63) is 16.3 Å². The molecule has 0 aromatic rings. The molecule has 0 unspecified atom stereocenters. The molecule has 3 aliphatic heterocycles. The van der Waals surface area contributed by atoms with Gasteiger partial charge in [0, 0.05) is 25.0 Å². The van der Waals surface area contributed by atoms with E-state index < -0.39 is 11.4 Å². The first kappa shape index (κ1) is 17.7. The number of nitrogens with zero attached hydrogens (tertiary/aromatic N) is 4. The molecule has 2 N–H and O–H groups in total. The Morgan fingerprint density at radius 2 is 1.89 bits per heavy atom. The van der Waals surface area contributed by atoms with Gasteiger partial charge in [-0.2, -0.15) is 0 Å². The van der Waals surface area contributed by atoms with Gasteiger partial charge in [-0.3, -0.25) is 13.9 Å². The monoisotopic (exact) mass is 385 g/mol. The fourth-order valence-corrected chi connectivity index (χ4v) is 5.48. The molecule has 8 nitrogen and oxygen atoms in total. The predicted molar refractivity (Wildman–Crippen MR) is 104 cm³/mol. The fourth-order valence-electron chi connectivity index (χ4n) is 5.48. The van der Waals surface area contributed by atoms with Crippen LogP contribution in [0.1, 0.15) is 64.1 Å². The number of nitrogens with one attached hydrogen (secondary N) is 1. The largest absolute Gasteiger partial charge is 0.481 e. The zero-order chi connectivity index (χ0) is 19.5. The van der Waals surface area contributed by atoms with E-state index in [1.807, 2.05) is 0 Å². The lowest BCUT2D eigenvalue weighted by Crippen LogP contribution is -2.48. The number of carboxylic acids is 1. The van der Waals surface area contributed by atoms with Gasteiger partial charge < -0.3 is 10.4 Å². The number of carboxylic acid groups (broad SMARTS) is 1. The molecule has 3 aliphatic carbocycles. The summed E-state index contributed by atoms with van der Waals surface area (Å²) in [7, 11) is 0. The minimum absolute atomic E-state index is 0.0160. The van der Waals surface area contributed by atoms with E-state index in [0.29, 0.717) is 38.2 Å². The highest BCUT2D eigenvalue weighted by Gasteiger charge is 2.55. The summed E-state index contributed by atoms with van der Waals surface area (Å²) in [5, 5.41) is 13.0. The Hall–Kier alpha value is -2.38. The lowest BCUT2D eigenvalue weighted by molar-refractivity contribution is -0.156. The molecule has 3 saturated carbocycles. The zero-order valence-corrected chi connectivity index (χ0v) is 16.3. The maximum atomic E-state index is 13.0. The van der Waals surface area contributed by atoms with E-state index in [2.05, 4.69) is 12.2 Å². The highest BCUT2D eigenvalue weighted by Crippen LogP contribution is 2.57. The van der Waals surface area contributed by atoms with Crippen LogP contribution >= 0.6 is 0 Å². The van der Waals surface area contributed by atoms with Crippen LogP contribution in [-0.4, -0.2) is 36.7 Å². The average Bonchev–Trinajstić information content (AvgIpc) is 3.19. The molecule has 2 bridgehead atoms. The molecule has 0 amide bonds. The summed E-state index contributed by atoms with van der Waals surface area (Å²) in [6, 6.07) is 0. The standard InChI is InChI=1S/C20H27N5O3/c1-2-11-24-15-13(14-21-10-3-12-25(14)18(24)28)22-16(23-15)19-4-7-20(8-5-19,9-6-19)17(26)27/h21H,2-12H2,1H3,(H,26,27). The predicted octanol–water partition coefficient (Wildman–Crippen LogP) is 2.45. The molecular formula is C20H27N5O3. The molecule has 0 radical (unpaired) electrons. The van der Waals surface area contributed by atoms with Crippen molar-refractivity contribution in [2.45, 2.75) is 76.8 Å². The van der Waals surface area contributed by atoms with Gasteiger partial charge in [-0.25, -0.2) is 14.8 Å². The number of hydrogen-bond acceptors (Lipinski definition) is 5. The van der Waals surface area contributed by atoms with Gasteiger partial charge in [-0.15, -0.1) is 0 Å². The molecule has 3 fully saturated rings. The van der Waals surface area contributed by atoms with E-state index in [9.17, 15) is 14.7 Å². The highest BCUT2D eigenvalue weighted by atomic mass is 16.4. The SMILES string of the molecule is CCCn1c2nc(C34CCC(C(=O)O)(CC3)CC4)nc-2c2n(c1=O)CCCN2. The molecule has 0 atom stereocenters. The van der Waals surface area contributed by atoms with Crippen molar-refractivity contribution >= 4 is 11.8 Å². The van der Waals surface area contributed by atoms with Gasteiger partial charge >= 0.3 is 11.7 Å². The topological polar surface area (TPSA) is 102 Å². The Kier molecular flexibility index (Phi) is 3.83. The Morgan fingerprint density at radius 3 is 2.54 bits per heavy atom. The van der Waals surface area contributed by atoms with Crippen LogP contribution in [0.15, 0.2) is 4.79 Å². The lowest BCUT2D eigenvalue weighted by atomic mass is 9.53. The third kappa shape index (κ3) is 2.29. The molecule has 0 aromatic heterocycles. The summed E-state index contributed by atoms with van der Waals surface area (Å²) < 4.78 is 3.57. The van der Waals surface area contributed by atoms with E-state index >= 15 is 0 Å². The van der Waals surface area contributed by atoms with Crippen LogP contribution in [0.4, 0.5) is 5.82 Å². The van der Waals surface area contributed by atoms with Crippen molar-refractivity contribution in [1.82, 2.24) is 19.1 Å². The summed E-state index contributed by atoms with van der Waals surface area (Å²) in [5.74, 6) is 1.63. The Balaban J connectivity index is 1.63. The molecule has 0 aromatic carbocycles. The Labute approximate surface area is 163 Å². The van der Waals surface area contributed by atoms with Gasteiger partial charge in [0.2, 0.25) is 0 Å². The fraction of sp³-hybridized carbons (Fsp3) is 0.700. The van der Waals surface area contributed by atoms with Gasteiger partial charge in [0.05, 0.1) is 5.41 Å². The third-order valence-corrected chi connectivity index (χ3v) is 7.33. The minimum atomic E-state index is -0.652. The van der Waals surface area contributed by atoms with Gasteiger partial charge in [0.1, 0.15) is 17.3 Å². The molecule has 150 valence electrons. The van der Waals surface area contributed by atoms with Crippen LogP contribution in [-0.2, 0) is 23.3 Å². The van der Waals surface area contributed by atoms with Crippen molar-refractivity contribution < 1.29 is 9.90 Å². The first-order valence-electron chi connectivity index (χ1n) is 10.5. The van der Waals surface area contributed by atoms with Crippen molar-refractivity contribution in [1.29, 1.82) is 0 Å². The van der Waals surface area contributed by atoms with Gasteiger partial charge in [0.25, 0.3) is 0 Å². The van der Waals surface area contributed by atoms with Crippen molar-refractivity contribution in [2.24, 2.45) is 5.41 Å². The average molecular weight is 385 g/mol. The zero-order valence-electron chi connectivity index (χ0n) is 16.3. The number of fused-ring (bicyclic) bond motifs is 6. The van der Waals surface area contributed by atoms with E-state index in [0.717, 1.165) is 56.0 Å². The molecule has 8 heteroatoms. The first-order valence-corrected chi connectivity index (χ1v) is 10.5. The number of hydrogen-bond donors (Lipinski definition) is 2. The number of anilines is 1. The van der Waals surface area contributed by atoms with Crippen LogP contribution < -0.4 is 11.0 Å². The van der Waals surface area contributed by atoms with E-state index in [4.69, 9.17) is 9.97 Å². The van der Waals surface area contributed by atoms with Crippen molar-refractivity contribution in [2.75, 3.05) is 11.9 Å². The van der Waals surface area contributed by atoms with E-state index in [1.165, 1.54) is 0 Å². The molecule has 6 aliphatic rings. The number of aromatic nitrogens is 4.